The minimum Gasteiger partial charge on any atom is -0.312 e. The van der Waals surface area contributed by atoms with Gasteiger partial charge < -0.3 is 9.68 Å². The van der Waals surface area contributed by atoms with Crippen LogP contribution in [-0.4, -0.2) is 70.2 Å². The Morgan fingerprint density at radius 3 is 2.22 bits per heavy atom. The molecule has 1 fully saturated rings. The molecule has 2 unspecified atom stereocenters. The molecule has 0 aromatic heterocycles. The van der Waals surface area contributed by atoms with Gasteiger partial charge in [0.2, 0.25) is 0 Å². The Labute approximate surface area is 152 Å². The van der Waals surface area contributed by atoms with Crippen molar-refractivity contribution in [2.45, 2.75) is 18.6 Å². The number of fused-ring (bicyclic) bond motifs is 1. The average molecular weight is 380 g/mol. The van der Waals surface area contributed by atoms with Crippen LogP contribution in [0.4, 0.5) is 0 Å². The Morgan fingerprint density at radius 2 is 1.67 bits per heavy atom. The van der Waals surface area contributed by atoms with Gasteiger partial charge >= 0.3 is 0 Å². The summed E-state index contributed by atoms with van der Waals surface area (Å²) in [5.41, 5.74) is 0.651. The standard InChI is InChI=1S/C15H16N4O8/c20-14-12-3-1-2-4-13(12)15(21)17(14)6-5-16-8-11(27-19(24)25)7-10(16)9-26-18(22)23/h1-4,10-11H,5-9H2. The second-order valence-electron chi connectivity index (χ2n) is 6.16. The van der Waals surface area contributed by atoms with Crippen molar-refractivity contribution in [1.29, 1.82) is 0 Å². The van der Waals surface area contributed by atoms with E-state index >= 15 is 0 Å². The fourth-order valence-electron chi connectivity index (χ4n) is 3.40. The Balaban J connectivity index is 1.64. The topological polar surface area (TPSA) is 145 Å². The molecule has 1 aromatic carbocycles. The lowest BCUT2D eigenvalue weighted by Gasteiger charge is -2.25. The maximum atomic E-state index is 12.4. The Kier molecular flexibility index (Phi) is 5.16. The molecule has 3 rings (SSSR count). The third-order valence-corrected chi connectivity index (χ3v) is 4.59. The third kappa shape index (κ3) is 3.95. The summed E-state index contributed by atoms with van der Waals surface area (Å²) in [5.74, 6) is -0.822. The molecule has 2 aliphatic rings. The van der Waals surface area contributed by atoms with E-state index in [1.165, 1.54) is 0 Å². The van der Waals surface area contributed by atoms with E-state index in [-0.39, 0.29) is 32.7 Å². The fraction of sp³-hybridized carbons (Fsp3) is 0.467. The van der Waals surface area contributed by atoms with Crippen molar-refractivity contribution < 1.29 is 29.4 Å². The monoisotopic (exact) mass is 380 g/mol. The number of hydrogen-bond donors (Lipinski definition) is 0. The van der Waals surface area contributed by atoms with Gasteiger partial charge in [-0.2, -0.15) is 0 Å². The number of carbonyl (C=O) groups excluding carboxylic acids is 2. The van der Waals surface area contributed by atoms with Gasteiger partial charge in [-0.15, -0.1) is 20.2 Å². The van der Waals surface area contributed by atoms with Crippen LogP contribution in [0.5, 0.6) is 0 Å². The predicted molar refractivity (Wildman–Crippen MR) is 86.6 cm³/mol. The lowest BCUT2D eigenvalue weighted by Crippen LogP contribution is -2.42. The highest BCUT2D eigenvalue weighted by Gasteiger charge is 2.38. The summed E-state index contributed by atoms with van der Waals surface area (Å²) in [7, 11) is 0. The van der Waals surface area contributed by atoms with Crippen molar-refractivity contribution in [3.8, 4) is 0 Å². The highest BCUT2D eigenvalue weighted by Crippen LogP contribution is 2.24. The van der Waals surface area contributed by atoms with Crippen molar-refractivity contribution in [1.82, 2.24) is 9.80 Å². The zero-order chi connectivity index (χ0) is 19.6. The van der Waals surface area contributed by atoms with Crippen LogP contribution in [0, 0.1) is 20.2 Å². The lowest BCUT2D eigenvalue weighted by molar-refractivity contribution is -0.768. The minimum atomic E-state index is -0.940. The minimum absolute atomic E-state index is 0.0481. The maximum Gasteiger partial charge on any atom is 0.294 e. The molecule has 2 aliphatic heterocycles. The number of imide groups is 1. The van der Waals surface area contributed by atoms with E-state index in [0.717, 1.165) is 4.90 Å². The zero-order valence-corrected chi connectivity index (χ0v) is 14.1. The van der Waals surface area contributed by atoms with Crippen LogP contribution in [-0.2, 0) is 9.68 Å². The smallest absolute Gasteiger partial charge is 0.294 e. The molecule has 27 heavy (non-hydrogen) atoms. The van der Waals surface area contributed by atoms with Gasteiger partial charge in [0.1, 0.15) is 12.7 Å². The van der Waals surface area contributed by atoms with Crippen molar-refractivity contribution in [2.24, 2.45) is 0 Å². The van der Waals surface area contributed by atoms with Gasteiger partial charge in [-0.1, -0.05) is 12.1 Å². The third-order valence-electron chi connectivity index (χ3n) is 4.59. The first-order valence-corrected chi connectivity index (χ1v) is 8.14. The van der Waals surface area contributed by atoms with E-state index in [1.807, 2.05) is 0 Å². The maximum absolute atomic E-state index is 12.4. The first-order valence-electron chi connectivity index (χ1n) is 8.14. The molecule has 2 heterocycles. The number of amides is 2. The van der Waals surface area contributed by atoms with Gasteiger partial charge in [0.25, 0.3) is 22.0 Å². The van der Waals surface area contributed by atoms with Crippen LogP contribution in [0.2, 0.25) is 0 Å². The van der Waals surface area contributed by atoms with Crippen molar-refractivity contribution in [2.75, 3.05) is 26.2 Å². The van der Waals surface area contributed by atoms with Gasteiger partial charge in [0, 0.05) is 25.7 Å². The highest BCUT2D eigenvalue weighted by atomic mass is 17.0. The first-order chi connectivity index (χ1) is 12.9. The highest BCUT2D eigenvalue weighted by molar-refractivity contribution is 6.21. The molecular formula is C15H16N4O8. The Morgan fingerprint density at radius 1 is 1.04 bits per heavy atom. The number of likely N-dealkylation sites (tertiary alicyclic amines) is 1. The van der Waals surface area contributed by atoms with Crippen LogP contribution in [0.15, 0.2) is 24.3 Å². The molecule has 0 saturated carbocycles. The molecule has 1 saturated heterocycles. The van der Waals surface area contributed by atoms with Gasteiger partial charge in [-0.3, -0.25) is 19.4 Å². The van der Waals surface area contributed by atoms with E-state index in [4.69, 9.17) is 0 Å². The predicted octanol–water partition coefficient (Wildman–Crippen LogP) is 0.142. The number of carbonyl (C=O) groups is 2. The largest absolute Gasteiger partial charge is 0.312 e. The van der Waals surface area contributed by atoms with Gasteiger partial charge in [-0.05, 0) is 18.6 Å². The molecule has 12 heteroatoms. The van der Waals surface area contributed by atoms with E-state index in [9.17, 15) is 29.8 Å². The molecule has 12 nitrogen and oxygen atoms in total. The Bertz CT molecular complexity index is 750. The van der Waals surface area contributed by atoms with Gasteiger partial charge in [0.05, 0.1) is 11.1 Å². The molecule has 0 spiro atoms. The van der Waals surface area contributed by atoms with Crippen molar-refractivity contribution >= 4 is 11.8 Å². The first kappa shape index (κ1) is 18.5. The van der Waals surface area contributed by atoms with E-state index in [2.05, 4.69) is 9.68 Å². The van der Waals surface area contributed by atoms with Crippen LogP contribution < -0.4 is 0 Å². The van der Waals surface area contributed by atoms with E-state index in [1.54, 1.807) is 29.2 Å². The van der Waals surface area contributed by atoms with Crippen LogP contribution in [0.25, 0.3) is 0 Å². The van der Waals surface area contributed by atoms with Gasteiger partial charge in [0.15, 0.2) is 0 Å². The number of nitrogens with zero attached hydrogens (tertiary/aromatic N) is 4. The van der Waals surface area contributed by atoms with Crippen molar-refractivity contribution in [3.63, 3.8) is 0 Å². The number of hydrogen-bond acceptors (Lipinski definition) is 9. The summed E-state index contributed by atoms with van der Waals surface area (Å²) in [4.78, 5) is 57.4. The molecule has 2 atom stereocenters. The second-order valence-corrected chi connectivity index (χ2v) is 6.16. The van der Waals surface area contributed by atoms with E-state index in [0.29, 0.717) is 11.1 Å². The molecule has 0 radical (unpaired) electrons. The summed E-state index contributed by atoms with van der Waals surface area (Å²) < 4.78 is 0. The number of benzene rings is 1. The van der Waals surface area contributed by atoms with Crippen LogP contribution in [0.1, 0.15) is 27.1 Å². The Hall–Kier alpha value is -3.28. The molecular weight excluding hydrogens is 364 g/mol. The fourth-order valence-corrected chi connectivity index (χ4v) is 3.40. The van der Waals surface area contributed by atoms with Crippen LogP contribution >= 0.6 is 0 Å². The average Bonchev–Trinajstić information content (AvgIpc) is 3.10. The van der Waals surface area contributed by atoms with E-state index < -0.39 is 34.1 Å². The summed E-state index contributed by atoms with van der Waals surface area (Å²) in [6, 6.07) is 5.97. The van der Waals surface area contributed by atoms with Crippen molar-refractivity contribution in [3.05, 3.63) is 55.6 Å². The molecule has 0 N–H and O–H groups in total. The quantitative estimate of drug-likeness (QED) is 0.349. The molecule has 0 bridgehead atoms. The molecule has 1 aromatic rings. The molecule has 0 aliphatic carbocycles. The summed E-state index contributed by atoms with van der Waals surface area (Å²) in [5, 5.41) is 19.1. The summed E-state index contributed by atoms with van der Waals surface area (Å²) in [6.07, 6.45) is -0.598. The second kappa shape index (κ2) is 7.53. The molecule has 144 valence electrons. The van der Waals surface area contributed by atoms with Crippen LogP contribution in [0.3, 0.4) is 0 Å². The summed E-state index contributed by atoms with van der Waals surface area (Å²) in [6.45, 7) is 0.0872. The summed E-state index contributed by atoms with van der Waals surface area (Å²) >= 11 is 0. The normalized spacial score (nSPS) is 22.0. The SMILES string of the molecule is O=C1c2ccccc2C(=O)N1CCN1CC(O[N+](=O)[O-])CC1CO[N+](=O)[O-]. The van der Waals surface area contributed by atoms with Gasteiger partial charge in [-0.25, -0.2) is 0 Å². The lowest BCUT2D eigenvalue weighted by atomic mass is 10.1. The number of rotatable bonds is 8. The zero-order valence-electron chi connectivity index (χ0n) is 14.1. The molecule has 2 amide bonds.